The third-order valence-corrected chi connectivity index (χ3v) is 4.47. The van der Waals surface area contributed by atoms with Crippen molar-refractivity contribution in [1.29, 1.82) is 0 Å². The molecule has 3 heteroatoms. The molecule has 0 amide bonds. The Balaban J connectivity index is 2.01. The van der Waals surface area contributed by atoms with Crippen molar-refractivity contribution in [3.05, 3.63) is 0 Å². The van der Waals surface area contributed by atoms with Crippen LogP contribution >= 0.6 is 0 Å². The first-order valence-corrected chi connectivity index (χ1v) is 7.18. The van der Waals surface area contributed by atoms with E-state index in [-0.39, 0.29) is 5.54 Å². The summed E-state index contributed by atoms with van der Waals surface area (Å²) in [7, 11) is 1.80. The van der Waals surface area contributed by atoms with Crippen LogP contribution in [0.15, 0.2) is 0 Å². The summed E-state index contributed by atoms with van der Waals surface area (Å²) in [6.45, 7) is 6.23. The fourth-order valence-corrected chi connectivity index (χ4v) is 2.70. The van der Waals surface area contributed by atoms with E-state index in [0.717, 1.165) is 31.4 Å². The molecular weight excluding hydrogens is 212 g/mol. The van der Waals surface area contributed by atoms with Crippen molar-refractivity contribution in [2.75, 3.05) is 33.4 Å². The van der Waals surface area contributed by atoms with Crippen molar-refractivity contribution in [2.24, 2.45) is 17.6 Å². The zero-order valence-corrected chi connectivity index (χ0v) is 11.5. The van der Waals surface area contributed by atoms with Gasteiger partial charge in [-0.05, 0) is 43.9 Å². The summed E-state index contributed by atoms with van der Waals surface area (Å²) in [5, 5.41) is 0. The van der Waals surface area contributed by atoms with Gasteiger partial charge in [-0.25, -0.2) is 0 Å². The largest absolute Gasteiger partial charge is 0.383 e. The lowest BCUT2D eigenvalue weighted by Crippen LogP contribution is -2.57. The van der Waals surface area contributed by atoms with E-state index in [4.69, 9.17) is 10.5 Å². The maximum atomic E-state index is 6.08. The lowest BCUT2D eigenvalue weighted by Gasteiger charge is -2.43. The molecular formula is C14H28N2O. The number of nitrogens with zero attached hydrogens (tertiary/aromatic N) is 1. The van der Waals surface area contributed by atoms with Gasteiger partial charge < -0.3 is 10.5 Å². The third-order valence-electron chi connectivity index (χ3n) is 4.47. The van der Waals surface area contributed by atoms with Crippen LogP contribution in [0.1, 0.15) is 39.0 Å². The maximum Gasteiger partial charge on any atom is 0.0658 e. The minimum absolute atomic E-state index is 0.0833. The number of rotatable bonds is 9. The zero-order chi connectivity index (χ0) is 12.3. The minimum Gasteiger partial charge on any atom is -0.383 e. The molecule has 3 nitrogen and oxygen atoms in total. The first-order valence-electron chi connectivity index (χ1n) is 7.18. The van der Waals surface area contributed by atoms with Crippen LogP contribution in [0.3, 0.4) is 0 Å². The summed E-state index contributed by atoms with van der Waals surface area (Å²) < 4.78 is 5.45. The molecule has 2 N–H and O–H groups in total. The van der Waals surface area contributed by atoms with Crippen molar-refractivity contribution in [2.45, 2.75) is 44.6 Å². The average Bonchev–Trinajstić information content (AvgIpc) is 3.20. The summed E-state index contributed by atoms with van der Waals surface area (Å²) in [6, 6.07) is 0. The van der Waals surface area contributed by atoms with Crippen molar-refractivity contribution >= 4 is 0 Å². The molecule has 17 heavy (non-hydrogen) atoms. The second kappa shape index (κ2) is 5.68. The van der Waals surface area contributed by atoms with Crippen LogP contribution in [-0.4, -0.2) is 43.8 Å². The van der Waals surface area contributed by atoms with E-state index < -0.39 is 0 Å². The summed E-state index contributed by atoms with van der Waals surface area (Å²) >= 11 is 0. The Labute approximate surface area is 106 Å². The second-order valence-corrected chi connectivity index (χ2v) is 6.01. The Hall–Kier alpha value is -0.120. The molecule has 0 aromatic rings. The van der Waals surface area contributed by atoms with E-state index in [1.54, 1.807) is 7.11 Å². The Morgan fingerprint density at radius 3 is 2.00 bits per heavy atom. The van der Waals surface area contributed by atoms with Crippen molar-refractivity contribution in [3.63, 3.8) is 0 Å². The van der Waals surface area contributed by atoms with E-state index in [2.05, 4.69) is 11.8 Å². The van der Waals surface area contributed by atoms with Crippen LogP contribution in [-0.2, 0) is 4.74 Å². The maximum absolute atomic E-state index is 6.08. The van der Waals surface area contributed by atoms with Crippen LogP contribution in [0, 0.1) is 11.8 Å². The molecule has 100 valence electrons. The highest BCUT2D eigenvalue weighted by molar-refractivity contribution is 4.95. The quantitative estimate of drug-likeness (QED) is 0.668. The second-order valence-electron chi connectivity index (χ2n) is 6.01. The predicted octanol–water partition coefficient (Wildman–Crippen LogP) is 1.86. The van der Waals surface area contributed by atoms with Gasteiger partial charge in [0.05, 0.1) is 12.1 Å². The Morgan fingerprint density at radius 2 is 1.71 bits per heavy atom. The Kier molecular flexibility index (Phi) is 4.45. The van der Waals surface area contributed by atoms with Crippen molar-refractivity contribution < 1.29 is 4.74 Å². The number of ether oxygens (including phenoxy) is 1. The molecule has 1 unspecified atom stereocenters. The summed E-state index contributed by atoms with van der Waals surface area (Å²) in [6.07, 6.45) is 6.75. The molecule has 2 saturated carbocycles. The van der Waals surface area contributed by atoms with Crippen molar-refractivity contribution in [3.8, 4) is 0 Å². The molecule has 1 atom stereocenters. The van der Waals surface area contributed by atoms with Gasteiger partial charge in [-0.3, -0.25) is 4.90 Å². The Bertz CT molecular complexity index is 218. The van der Waals surface area contributed by atoms with E-state index in [0.29, 0.717) is 0 Å². The summed E-state index contributed by atoms with van der Waals surface area (Å²) in [5.74, 6) is 1.87. The van der Waals surface area contributed by atoms with Crippen LogP contribution in [0.2, 0.25) is 0 Å². The van der Waals surface area contributed by atoms with Gasteiger partial charge in [-0.2, -0.15) is 0 Å². The van der Waals surface area contributed by atoms with Gasteiger partial charge in [-0.15, -0.1) is 0 Å². The lowest BCUT2D eigenvalue weighted by atomic mass is 9.93. The predicted molar refractivity (Wildman–Crippen MR) is 71.0 cm³/mol. The van der Waals surface area contributed by atoms with Gasteiger partial charge in [0.1, 0.15) is 0 Å². The highest BCUT2D eigenvalue weighted by Gasteiger charge is 2.39. The first-order chi connectivity index (χ1) is 8.24. The molecule has 0 spiro atoms. The normalized spacial score (nSPS) is 24.0. The highest BCUT2D eigenvalue weighted by Crippen LogP contribution is 2.37. The molecule has 0 saturated heterocycles. The van der Waals surface area contributed by atoms with Gasteiger partial charge in [0.2, 0.25) is 0 Å². The van der Waals surface area contributed by atoms with Crippen molar-refractivity contribution in [1.82, 2.24) is 4.90 Å². The smallest absolute Gasteiger partial charge is 0.0658 e. The first kappa shape index (κ1) is 13.3. The van der Waals surface area contributed by atoms with Gasteiger partial charge in [0, 0.05) is 26.7 Å². The lowest BCUT2D eigenvalue weighted by molar-refractivity contribution is 0.00592. The van der Waals surface area contributed by atoms with Gasteiger partial charge in [0.25, 0.3) is 0 Å². The minimum atomic E-state index is 0.0833. The molecule has 0 aromatic carbocycles. The monoisotopic (exact) mass is 240 g/mol. The number of nitrogens with two attached hydrogens (primary N) is 1. The number of hydrogen-bond acceptors (Lipinski definition) is 3. The Morgan fingerprint density at radius 1 is 1.18 bits per heavy atom. The summed E-state index contributed by atoms with van der Waals surface area (Å²) in [4.78, 5) is 2.66. The van der Waals surface area contributed by atoms with E-state index in [1.807, 2.05) is 0 Å². The van der Waals surface area contributed by atoms with Crippen LogP contribution < -0.4 is 5.73 Å². The molecule has 0 heterocycles. The standard InChI is InChI=1S/C14H28N2O/c1-3-14(10-15,11-17-2)16(8-12-4-5-12)9-13-6-7-13/h12-13H,3-11,15H2,1-2H3. The molecule has 2 aliphatic rings. The number of hydrogen-bond donors (Lipinski definition) is 1. The molecule has 0 bridgehead atoms. The summed E-state index contributed by atoms with van der Waals surface area (Å²) in [5.41, 5.74) is 6.16. The van der Waals surface area contributed by atoms with E-state index >= 15 is 0 Å². The molecule has 0 radical (unpaired) electrons. The average molecular weight is 240 g/mol. The van der Waals surface area contributed by atoms with Crippen LogP contribution in [0.25, 0.3) is 0 Å². The number of methoxy groups -OCH3 is 1. The fourth-order valence-electron chi connectivity index (χ4n) is 2.70. The van der Waals surface area contributed by atoms with Gasteiger partial charge in [0.15, 0.2) is 0 Å². The topological polar surface area (TPSA) is 38.5 Å². The molecule has 2 aliphatic carbocycles. The van der Waals surface area contributed by atoms with Gasteiger partial charge in [-0.1, -0.05) is 6.92 Å². The molecule has 0 aliphatic heterocycles. The van der Waals surface area contributed by atoms with Gasteiger partial charge >= 0.3 is 0 Å². The highest BCUT2D eigenvalue weighted by atomic mass is 16.5. The SMILES string of the molecule is CCC(CN)(COC)N(CC1CC1)CC1CC1. The third kappa shape index (κ3) is 3.43. The fraction of sp³-hybridized carbons (Fsp3) is 1.00. The van der Waals surface area contributed by atoms with E-state index in [1.165, 1.54) is 38.8 Å². The van der Waals surface area contributed by atoms with Crippen LogP contribution in [0.5, 0.6) is 0 Å². The zero-order valence-electron chi connectivity index (χ0n) is 11.5. The molecule has 2 fully saturated rings. The van der Waals surface area contributed by atoms with E-state index in [9.17, 15) is 0 Å². The molecule has 0 aromatic heterocycles. The molecule has 2 rings (SSSR count). The van der Waals surface area contributed by atoms with Crippen LogP contribution in [0.4, 0.5) is 0 Å².